The van der Waals surface area contributed by atoms with E-state index in [1.165, 1.54) is 0 Å². The van der Waals surface area contributed by atoms with Crippen LogP contribution in [0.3, 0.4) is 0 Å². The standard InChI is InChI=1S/C16H14Br2ClNO/c1-2-15(10-3-6-12(19)7-4-10)20-16(21)13-8-5-11(17)9-14(13)18/h3-9,15H,2H2,1H3,(H,20,21). The van der Waals surface area contributed by atoms with Crippen molar-refractivity contribution >= 4 is 49.4 Å². The maximum absolute atomic E-state index is 12.4. The number of amides is 1. The van der Waals surface area contributed by atoms with E-state index < -0.39 is 0 Å². The predicted octanol–water partition coefficient (Wildman–Crippen LogP) is 5.75. The van der Waals surface area contributed by atoms with Gasteiger partial charge in [0.2, 0.25) is 0 Å². The van der Waals surface area contributed by atoms with Crippen molar-refractivity contribution in [1.29, 1.82) is 0 Å². The molecule has 2 aromatic rings. The molecule has 2 rings (SSSR count). The van der Waals surface area contributed by atoms with Crippen molar-refractivity contribution in [2.45, 2.75) is 19.4 Å². The summed E-state index contributed by atoms with van der Waals surface area (Å²) in [5.74, 6) is -0.101. The van der Waals surface area contributed by atoms with Gasteiger partial charge in [-0.25, -0.2) is 0 Å². The smallest absolute Gasteiger partial charge is 0.252 e. The molecule has 0 aromatic heterocycles. The van der Waals surface area contributed by atoms with E-state index in [0.717, 1.165) is 20.9 Å². The van der Waals surface area contributed by atoms with Crippen molar-refractivity contribution < 1.29 is 4.79 Å². The Bertz CT molecular complexity index is 643. The second-order valence-corrected chi connectivity index (χ2v) is 6.82. The highest BCUT2D eigenvalue weighted by Gasteiger charge is 2.16. The van der Waals surface area contributed by atoms with Gasteiger partial charge in [0.1, 0.15) is 0 Å². The van der Waals surface area contributed by atoms with Gasteiger partial charge in [0.05, 0.1) is 11.6 Å². The monoisotopic (exact) mass is 429 g/mol. The molecule has 0 radical (unpaired) electrons. The Balaban J connectivity index is 2.18. The Kier molecular flexibility index (Phi) is 5.85. The number of carbonyl (C=O) groups excluding carboxylic acids is 1. The number of hydrogen-bond donors (Lipinski definition) is 1. The molecule has 2 aromatic carbocycles. The first-order chi connectivity index (χ1) is 10.0. The lowest BCUT2D eigenvalue weighted by Crippen LogP contribution is -2.28. The van der Waals surface area contributed by atoms with Crippen LogP contribution < -0.4 is 5.32 Å². The first-order valence-electron chi connectivity index (χ1n) is 6.52. The maximum Gasteiger partial charge on any atom is 0.252 e. The van der Waals surface area contributed by atoms with Gasteiger partial charge in [-0.1, -0.05) is 46.6 Å². The molecule has 1 atom stereocenters. The molecular weight excluding hydrogens is 417 g/mol. The maximum atomic E-state index is 12.4. The summed E-state index contributed by atoms with van der Waals surface area (Å²) in [7, 11) is 0. The van der Waals surface area contributed by atoms with Crippen LogP contribution in [0.15, 0.2) is 51.4 Å². The molecule has 0 aliphatic heterocycles. The van der Waals surface area contributed by atoms with E-state index in [4.69, 9.17) is 11.6 Å². The molecule has 1 unspecified atom stereocenters. The fourth-order valence-electron chi connectivity index (χ4n) is 2.03. The average Bonchev–Trinajstić information content (AvgIpc) is 2.45. The highest BCUT2D eigenvalue weighted by molar-refractivity contribution is 9.11. The van der Waals surface area contributed by atoms with Crippen molar-refractivity contribution in [2.24, 2.45) is 0 Å². The largest absolute Gasteiger partial charge is 0.345 e. The Hall–Kier alpha value is -0.840. The molecule has 0 fully saturated rings. The summed E-state index contributed by atoms with van der Waals surface area (Å²) in [5.41, 5.74) is 1.66. The topological polar surface area (TPSA) is 29.1 Å². The quantitative estimate of drug-likeness (QED) is 0.657. The van der Waals surface area contributed by atoms with Crippen molar-refractivity contribution in [3.8, 4) is 0 Å². The molecule has 21 heavy (non-hydrogen) atoms. The molecule has 0 aliphatic carbocycles. The van der Waals surface area contributed by atoms with Gasteiger partial charge in [-0.15, -0.1) is 0 Å². The summed E-state index contributed by atoms with van der Waals surface area (Å²) in [6.07, 6.45) is 0.807. The Labute approximate surface area is 146 Å². The second kappa shape index (κ2) is 7.43. The van der Waals surface area contributed by atoms with Gasteiger partial charge >= 0.3 is 0 Å². The van der Waals surface area contributed by atoms with Crippen LogP contribution in [0.1, 0.15) is 35.3 Å². The lowest BCUT2D eigenvalue weighted by molar-refractivity contribution is 0.0935. The number of halogens is 3. The van der Waals surface area contributed by atoms with Crippen LogP contribution in [0, 0.1) is 0 Å². The Morgan fingerprint density at radius 3 is 2.43 bits per heavy atom. The van der Waals surface area contributed by atoms with E-state index in [2.05, 4.69) is 37.2 Å². The minimum Gasteiger partial charge on any atom is -0.345 e. The number of hydrogen-bond acceptors (Lipinski definition) is 1. The van der Waals surface area contributed by atoms with Crippen LogP contribution in [0.5, 0.6) is 0 Å². The summed E-state index contributed by atoms with van der Waals surface area (Å²) in [6, 6.07) is 13.0. The van der Waals surface area contributed by atoms with Crippen molar-refractivity contribution in [3.63, 3.8) is 0 Å². The molecule has 110 valence electrons. The minimum atomic E-state index is -0.101. The van der Waals surface area contributed by atoms with Crippen molar-refractivity contribution in [2.75, 3.05) is 0 Å². The van der Waals surface area contributed by atoms with Crippen LogP contribution >= 0.6 is 43.5 Å². The zero-order valence-corrected chi connectivity index (χ0v) is 15.3. The van der Waals surface area contributed by atoms with Crippen molar-refractivity contribution in [1.82, 2.24) is 5.32 Å². The predicted molar refractivity (Wildman–Crippen MR) is 93.8 cm³/mol. The van der Waals surface area contributed by atoms with Gasteiger partial charge < -0.3 is 5.32 Å². The minimum absolute atomic E-state index is 0.0367. The van der Waals surface area contributed by atoms with Gasteiger partial charge in [0.15, 0.2) is 0 Å². The van der Waals surface area contributed by atoms with Crippen LogP contribution in [0.4, 0.5) is 0 Å². The normalized spacial score (nSPS) is 12.0. The zero-order chi connectivity index (χ0) is 15.4. The van der Waals surface area contributed by atoms with E-state index >= 15 is 0 Å². The molecule has 0 heterocycles. The van der Waals surface area contributed by atoms with Crippen LogP contribution in [-0.4, -0.2) is 5.91 Å². The Morgan fingerprint density at radius 1 is 1.19 bits per heavy atom. The zero-order valence-electron chi connectivity index (χ0n) is 11.4. The fourth-order valence-corrected chi connectivity index (χ4v) is 3.38. The fraction of sp³-hybridized carbons (Fsp3) is 0.188. The highest BCUT2D eigenvalue weighted by atomic mass is 79.9. The van der Waals surface area contributed by atoms with E-state index in [9.17, 15) is 4.79 Å². The van der Waals surface area contributed by atoms with Crippen LogP contribution in [0.25, 0.3) is 0 Å². The number of rotatable bonds is 4. The molecule has 0 aliphatic rings. The molecule has 1 amide bonds. The molecular formula is C16H14Br2ClNO. The lowest BCUT2D eigenvalue weighted by atomic mass is 10.0. The average molecular weight is 432 g/mol. The number of benzene rings is 2. The summed E-state index contributed by atoms with van der Waals surface area (Å²) in [5, 5.41) is 3.74. The SMILES string of the molecule is CCC(NC(=O)c1ccc(Br)cc1Br)c1ccc(Cl)cc1. The third kappa shape index (κ3) is 4.31. The van der Waals surface area contributed by atoms with Gasteiger partial charge in [-0.05, 0) is 58.2 Å². The molecule has 1 N–H and O–H groups in total. The highest BCUT2D eigenvalue weighted by Crippen LogP contribution is 2.24. The van der Waals surface area contributed by atoms with Gasteiger partial charge in [0.25, 0.3) is 5.91 Å². The van der Waals surface area contributed by atoms with E-state index in [1.807, 2.05) is 43.3 Å². The van der Waals surface area contributed by atoms with Crippen LogP contribution in [0.2, 0.25) is 5.02 Å². The molecule has 0 saturated carbocycles. The Morgan fingerprint density at radius 2 is 1.86 bits per heavy atom. The molecule has 0 spiro atoms. The molecule has 0 saturated heterocycles. The summed E-state index contributed by atoms with van der Waals surface area (Å²) >= 11 is 12.7. The number of nitrogens with one attached hydrogen (secondary N) is 1. The second-order valence-electron chi connectivity index (χ2n) is 4.61. The summed E-state index contributed by atoms with van der Waals surface area (Å²) in [6.45, 7) is 2.04. The van der Waals surface area contributed by atoms with Gasteiger partial charge in [0, 0.05) is 14.0 Å². The van der Waals surface area contributed by atoms with Gasteiger partial charge in [-0.2, -0.15) is 0 Å². The third-order valence-corrected chi connectivity index (χ3v) is 4.56. The first-order valence-corrected chi connectivity index (χ1v) is 8.49. The first kappa shape index (κ1) is 16.5. The summed E-state index contributed by atoms with van der Waals surface area (Å²) < 4.78 is 1.69. The lowest BCUT2D eigenvalue weighted by Gasteiger charge is -2.18. The van der Waals surface area contributed by atoms with E-state index in [-0.39, 0.29) is 11.9 Å². The van der Waals surface area contributed by atoms with E-state index in [0.29, 0.717) is 10.6 Å². The molecule has 2 nitrogen and oxygen atoms in total. The summed E-state index contributed by atoms with van der Waals surface area (Å²) in [4.78, 5) is 12.4. The van der Waals surface area contributed by atoms with Crippen molar-refractivity contribution in [3.05, 3.63) is 67.6 Å². The third-order valence-electron chi connectivity index (χ3n) is 3.16. The molecule has 5 heteroatoms. The van der Waals surface area contributed by atoms with E-state index in [1.54, 1.807) is 6.07 Å². The molecule has 0 bridgehead atoms. The van der Waals surface area contributed by atoms with Gasteiger partial charge in [-0.3, -0.25) is 4.79 Å². The van der Waals surface area contributed by atoms with Crippen LogP contribution in [-0.2, 0) is 0 Å². The number of carbonyl (C=O) groups is 1.